The summed E-state index contributed by atoms with van der Waals surface area (Å²) in [6.07, 6.45) is 0. The van der Waals surface area contributed by atoms with E-state index < -0.39 is 0 Å². The lowest BCUT2D eigenvalue weighted by atomic mass is 9.98. The number of anilines is 2. The SMILES string of the molecule is Cc1cc(CNc2cccc(Oc3cccc(Oc4cccc(NCc5cc(C)c6[nH]c7ccccc7c6c5C)c4)c3)c2)c(C)c2c1[nH]c1ccccc12. The van der Waals surface area contributed by atoms with Crippen molar-refractivity contribution in [3.63, 3.8) is 0 Å². The van der Waals surface area contributed by atoms with Crippen molar-refractivity contribution in [2.24, 2.45) is 0 Å². The summed E-state index contributed by atoms with van der Waals surface area (Å²) in [5.41, 5.74) is 14.4. The van der Waals surface area contributed by atoms with Crippen molar-refractivity contribution in [3.8, 4) is 23.0 Å². The molecular weight excluding hydrogens is 665 g/mol. The molecule has 6 heteroatoms. The van der Waals surface area contributed by atoms with E-state index in [2.05, 4.69) is 121 Å². The van der Waals surface area contributed by atoms with Gasteiger partial charge in [-0.3, -0.25) is 0 Å². The zero-order valence-corrected chi connectivity index (χ0v) is 30.9. The predicted octanol–water partition coefficient (Wildman–Crippen LogP) is 13.0. The van der Waals surface area contributed by atoms with E-state index in [1.807, 2.05) is 60.7 Å². The molecule has 0 radical (unpaired) electrons. The molecule has 266 valence electrons. The van der Waals surface area contributed by atoms with Gasteiger partial charge in [0.15, 0.2) is 0 Å². The smallest absolute Gasteiger partial charge is 0.131 e. The summed E-state index contributed by atoms with van der Waals surface area (Å²) in [4.78, 5) is 7.22. The predicted molar refractivity (Wildman–Crippen MR) is 225 cm³/mol. The lowest BCUT2D eigenvalue weighted by Gasteiger charge is -2.14. The molecule has 0 amide bonds. The van der Waals surface area contributed by atoms with Crippen LogP contribution in [0.15, 0.2) is 133 Å². The van der Waals surface area contributed by atoms with Crippen molar-refractivity contribution in [2.45, 2.75) is 40.8 Å². The molecule has 4 N–H and O–H groups in total. The molecule has 54 heavy (non-hydrogen) atoms. The maximum absolute atomic E-state index is 6.33. The summed E-state index contributed by atoms with van der Waals surface area (Å²) in [6.45, 7) is 10.2. The van der Waals surface area contributed by atoms with E-state index in [0.717, 1.165) is 22.9 Å². The Balaban J connectivity index is 0.865. The van der Waals surface area contributed by atoms with Crippen molar-refractivity contribution in [1.82, 2.24) is 9.97 Å². The van der Waals surface area contributed by atoms with E-state index in [-0.39, 0.29) is 0 Å². The minimum absolute atomic E-state index is 0.703. The molecule has 0 saturated carbocycles. The highest BCUT2D eigenvalue weighted by Gasteiger charge is 2.14. The van der Waals surface area contributed by atoms with E-state index in [1.165, 1.54) is 77.0 Å². The quantitative estimate of drug-likeness (QED) is 0.114. The highest BCUT2D eigenvalue weighted by molar-refractivity contribution is 6.11. The van der Waals surface area contributed by atoms with E-state index >= 15 is 0 Å². The topological polar surface area (TPSA) is 74.1 Å². The number of aryl methyl sites for hydroxylation is 4. The molecular formula is C48H42N4O2. The standard InChI is InChI=1S/C48H42N4O2/c1-29-22-33(31(3)45-41-18-5-7-20-43(41)51-47(29)45)27-49-35-12-9-14-37(24-35)53-39-16-11-17-40(26-39)54-38-15-10-13-36(25-38)50-28-34-23-30(2)48-46(32(34)4)42-19-6-8-21-44(42)52-48/h5-26,49-52H,27-28H2,1-4H3. The number of benzene rings is 7. The molecule has 0 fully saturated rings. The van der Waals surface area contributed by atoms with Crippen molar-refractivity contribution in [3.05, 3.63) is 167 Å². The number of fused-ring (bicyclic) bond motifs is 6. The molecule has 6 nitrogen and oxygen atoms in total. The van der Waals surface area contributed by atoms with Crippen LogP contribution in [0.4, 0.5) is 11.4 Å². The fourth-order valence-corrected chi connectivity index (χ4v) is 7.83. The molecule has 0 saturated heterocycles. The van der Waals surface area contributed by atoms with Crippen LogP contribution in [0.2, 0.25) is 0 Å². The molecule has 0 atom stereocenters. The van der Waals surface area contributed by atoms with Gasteiger partial charge in [0, 0.05) is 86.3 Å². The number of H-pyrrole nitrogens is 2. The molecule has 0 unspecified atom stereocenters. The van der Waals surface area contributed by atoms with E-state index in [1.54, 1.807) is 0 Å². The van der Waals surface area contributed by atoms with Gasteiger partial charge in [0.2, 0.25) is 0 Å². The van der Waals surface area contributed by atoms with Gasteiger partial charge in [-0.05, 0) is 110 Å². The number of para-hydroxylation sites is 2. The van der Waals surface area contributed by atoms with Crippen LogP contribution in [-0.4, -0.2) is 9.97 Å². The number of aromatic nitrogens is 2. The van der Waals surface area contributed by atoms with Crippen molar-refractivity contribution >= 4 is 55.0 Å². The Hall–Kier alpha value is -6.66. The molecule has 0 spiro atoms. The second-order valence-electron chi connectivity index (χ2n) is 14.2. The normalized spacial score (nSPS) is 11.5. The van der Waals surface area contributed by atoms with Gasteiger partial charge in [0.05, 0.1) is 0 Å². The Morgan fingerprint density at radius 2 is 0.852 bits per heavy atom. The van der Waals surface area contributed by atoms with Gasteiger partial charge in [0.1, 0.15) is 23.0 Å². The molecule has 0 bridgehead atoms. The molecule has 2 aromatic heterocycles. The van der Waals surface area contributed by atoms with Gasteiger partial charge in [-0.25, -0.2) is 0 Å². The minimum Gasteiger partial charge on any atom is -0.457 e. The zero-order chi connectivity index (χ0) is 36.8. The van der Waals surface area contributed by atoms with Crippen LogP contribution in [0, 0.1) is 27.7 Å². The van der Waals surface area contributed by atoms with Gasteiger partial charge in [-0.1, -0.05) is 66.7 Å². The Labute approximate surface area is 314 Å². The summed E-state index contributed by atoms with van der Waals surface area (Å²) in [5, 5.41) is 12.4. The van der Waals surface area contributed by atoms with Crippen molar-refractivity contribution in [1.29, 1.82) is 0 Å². The maximum atomic E-state index is 6.33. The molecule has 0 aliphatic carbocycles. The second-order valence-corrected chi connectivity index (χ2v) is 14.2. The summed E-state index contributed by atoms with van der Waals surface area (Å²) >= 11 is 0. The third-order valence-electron chi connectivity index (χ3n) is 10.6. The zero-order valence-electron chi connectivity index (χ0n) is 30.9. The number of ether oxygens (including phenoxy) is 2. The van der Waals surface area contributed by atoms with Crippen LogP contribution in [0.3, 0.4) is 0 Å². The van der Waals surface area contributed by atoms with E-state index in [9.17, 15) is 0 Å². The second kappa shape index (κ2) is 13.7. The lowest BCUT2D eigenvalue weighted by molar-refractivity contribution is 0.460. The monoisotopic (exact) mass is 706 g/mol. The summed E-state index contributed by atoms with van der Waals surface area (Å²) in [6, 6.07) is 45.6. The lowest BCUT2D eigenvalue weighted by Crippen LogP contribution is -2.02. The fourth-order valence-electron chi connectivity index (χ4n) is 7.83. The van der Waals surface area contributed by atoms with Crippen LogP contribution in [0.5, 0.6) is 23.0 Å². The average molecular weight is 707 g/mol. The van der Waals surface area contributed by atoms with Gasteiger partial charge >= 0.3 is 0 Å². The number of rotatable bonds is 10. The Kier molecular flexibility index (Phi) is 8.43. The largest absolute Gasteiger partial charge is 0.457 e. The highest BCUT2D eigenvalue weighted by atomic mass is 16.5. The molecule has 9 rings (SSSR count). The Bertz CT molecular complexity index is 2660. The molecule has 0 aliphatic rings. The fraction of sp³-hybridized carbons (Fsp3) is 0.125. The third-order valence-corrected chi connectivity index (χ3v) is 10.6. The van der Waals surface area contributed by atoms with Crippen LogP contribution in [0.1, 0.15) is 33.4 Å². The van der Waals surface area contributed by atoms with Gasteiger partial charge in [-0.2, -0.15) is 0 Å². The molecule has 2 heterocycles. The summed E-state index contributed by atoms with van der Waals surface area (Å²) in [5.74, 6) is 2.90. The first-order valence-corrected chi connectivity index (χ1v) is 18.5. The Morgan fingerprint density at radius 3 is 1.31 bits per heavy atom. The van der Waals surface area contributed by atoms with Crippen molar-refractivity contribution < 1.29 is 9.47 Å². The van der Waals surface area contributed by atoms with Crippen LogP contribution >= 0.6 is 0 Å². The number of aromatic amines is 2. The minimum atomic E-state index is 0.703. The first-order chi connectivity index (χ1) is 26.4. The number of nitrogens with one attached hydrogen (secondary N) is 4. The molecule has 0 aliphatic heterocycles. The van der Waals surface area contributed by atoms with Gasteiger partial charge in [0.25, 0.3) is 0 Å². The first-order valence-electron chi connectivity index (χ1n) is 18.5. The Morgan fingerprint density at radius 1 is 0.444 bits per heavy atom. The third kappa shape index (κ3) is 6.26. The van der Waals surface area contributed by atoms with Gasteiger partial charge in [-0.15, -0.1) is 0 Å². The van der Waals surface area contributed by atoms with Gasteiger partial charge < -0.3 is 30.1 Å². The first kappa shape index (κ1) is 33.2. The van der Waals surface area contributed by atoms with Crippen LogP contribution < -0.4 is 20.1 Å². The highest BCUT2D eigenvalue weighted by Crippen LogP contribution is 2.35. The summed E-state index contributed by atoms with van der Waals surface area (Å²) < 4.78 is 12.7. The number of hydrogen-bond acceptors (Lipinski definition) is 4. The number of hydrogen-bond donors (Lipinski definition) is 4. The molecule has 7 aromatic carbocycles. The van der Waals surface area contributed by atoms with E-state index in [0.29, 0.717) is 24.6 Å². The van der Waals surface area contributed by atoms with Crippen LogP contribution in [-0.2, 0) is 13.1 Å². The van der Waals surface area contributed by atoms with E-state index in [4.69, 9.17) is 9.47 Å². The van der Waals surface area contributed by atoms with Crippen LogP contribution in [0.25, 0.3) is 43.6 Å². The average Bonchev–Trinajstić information content (AvgIpc) is 3.78. The molecule has 9 aromatic rings. The van der Waals surface area contributed by atoms with Crippen molar-refractivity contribution in [2.75, 3.05) is 10.6 Å². The maximum Gasteiger partial charge on any atom is 0.131 e. The summed E-state index contributed by atoms with van der Waals surface area (Å²) in [7, 11) is 0.